The summed E-state index contributed by atoms with van der Waals surface area (Å²) < 4.78 is 0. The van der Waals surface area contributed by atoms with Crippen molar-refractivity contribution in [2.75, 3.05) is 6.54 Å². The number of rotatable bonds is 3. The number of thiazole rings is 1. The van der Waals surface area contributed by atoms with E-state index < -0.39 is 0 Å². The maximum atomic E-state index is 5.80. The van der Waals surface area contributed by atoms with Gasteiger partial charge in [-0.2, -0.15) is 0 Å². The number of aromatic nitrogens is 1. The molecule has 1 aliphatic carbocycles. The van der Waals surface area contributed by atoms with Crippen molar-refractivity contribution in [3.05, 3.63) is 15.6 Å². The van der Waals surface area contributed by atoms with Crippen molar-refractivity contribution in [1.29, 1.82) is 0 Å². The first kappa shape index (κ1) is 11.1. The first-order valence-electron chi connectivity index (χ1n) is 5.95. The van der Waals surface area contributed by atoms with Crippen LogP contribution < -0.4 is 5.73 Å². The average Bonchev–Trinajstić information content (AvgIpc) is 2.71. The van der Waals surface area contributed by atoms with Gasteiger partial charge in [-0.05, 0) is 25.7 Å². The Kier molecular flexibility index (Phi) is 3.42. The van der Waals surface area contributed by atoms with E-state index in [0.717, 1.165) is 6.54 Å². The molecule has 1 aromatic heterocycles. The van der Waals surface area contributed by atoms with Crippen LogP contribution in [0.15, 0.2) is 0 Å². The zero-order valence-electron chi connectivity index (χ0n) is 9.62. The van der Waals surface area contributed by atoms with Crippen LogP contribution in [0.1, 0.15) is 60.5 Å². The molecule has 2 rings (SSSR count). The maximum Gasteiger partial charge on any atom is 0.0959 e. The summed E-state index contributed by atoms with van der Waals surface area (Å²) in [5.41, 5.74) is 7.12. The summed E-state index contributed by atoms with van der Waals surface area (Å²) in [5.74, 6) is 1.14. The quantitative estimate of drug-likeness (QED) is 0.857. The number of aryl methyl sites for hydroxylation is 1. The first-order valence-corrected chi connectivity index (χ1v) is 6.77. The smallest absolute Gasteiger partial charge is 0.0959 e. The van der Waals surface area contributed by atoms with E-state index in [0.29, 0.717) is 11.8 Å². The lowest BCUT2D eigenvalue weighted by Gasteiger charge is -2.18. The number of hydrogen-bond acceptors (Lipinski definition) is 3. The van der Waals surface area contributed by atoms with E-state index in [9.17, 15) is 0 Å². The molecule has 0 aromatic carbocycles. The highest BCUT2D eigenvalue weighted by Crippen LogP contribution is 2.36. The van der Waals surface area contributed by atoms with Crippen molar-refractivity contribution in [3.63, 3.8) is 0 Å². The van der Waals surface area contributed by atoms with Gasteiger partial charge in [0.25, 0.3) is 0 Å². The maximum absolute atomic E-state index is 5.80. The van der Waals surface area contributed by atoms with Gasteiger partial charge in [0.1, 0.15) is 0 Å². The summed E-state index contributed by atoms with van der Waals surface area (Å²) >= 11 is 1.92. The van der Waals surface area contributed by atoms with E-state index in [4.69, 9.17) is 10.7 Å². The van der Waals surface area contributed by atoms with Gasteiger partial charge >= 0.3 is 0 Å². The lowest BCUT2D eigenvalue weighted by molar-refractivity contribution is 0.551. The third kappa shape index (κ3) is 2.08. The summed E-state index contributed by atoms with van der Waals surface area (Å²) in [6.07, 6.45) is 4.92. The number of nitrogens with two attached hydrogens (primary N) is 1. The fraction of sp³-hybridized carbons (Fsp3) is 0.750. The number of fused-ring (bicyclic) bond motifs is 1. The molecule has 0 spiro atoms. The molecule has 1 aliphatic rings. The Bertz CT molecular complexity index is 332. The lowest BCUT2D eigenvalue weighted by Crippen LogP contribution is -2.17. The topological polar surface area (TPSA) is 38.9 Å². The van der Waals surface area contributed by atoms with Gasteiger partial charge in [-0.15, -0.1) is 11.3 Å². The highest BCUT2D eigenvalue weighted by atomic mass is 32.1. The van der Waals surface area contributed by atoms with Gasteiger partial charge in [0.15, 0.2) is 0 Å². The Morgan fingerprint density at radius 1 is 1.60 bits per heavy atom. The lowest BCUT2D eigenvalue weighted by atomic mass is 9.91. The van der Waals surface area contributed by atoms with Crippen LogP contribution in [-0.4, -0.2) is 11.5 Å². The molecule has 0 amide bonds. The van der Waals surface area contributed by atoms with Crippen LogP contribution in [0.2, 0.25) is 0 Å². The average molecular weight is 224 g/mol. The van der Waals surface area contributed by atoms with Gasteiger partial charge in [0, 0.05) is 23.3 Å². The van der Waals surface area contributed by atoms with E-state index in [1.54, 1.807) is 0 Å². The monoisotopic (exact) mass is 224 g/mol. The van der Waals surface area contributed by atoms with Crippen LogP contribution in [-0.2, 0) is 6.42 Å². The second kappa shape index (κ2) is 4.62. The van der Waals surface area contributed by atoms with E-state index in [1.165, 1.54) is 41.3 Å². The highest BCUT2D eigenvalue weighted by molar-refractivity contribution is 7.11. The standard InChI is InChI=1S/C12H20N2S/c1-3-8(2)12-14-11-9(7-13)5-4-6-10(11)15-12/h8-9H,3-7,13H2,1-2H3. The molecular weight excluding hydrogens is 204 g/mol. The number of nitrogens with zero attached hydrogens (tertiary/aromatic N) is 1. The second-order valence-electron chi connectivity index (χ2n) is 4.49. The Hall–Kier alpha value is -0.410. The summed E-state index contributed by atoms with van der Waals surface area (Å²) in [4.78, 5) is 6.32. The van der Waals surface area contributed by atoms with Crippen LogP contribution in [0.25, 0.3) is 0 Å². The van der Waals surface area contributed by atoms with E-state index in [1.807, 2.05) is 11.3 Å². The van der Waals surface area contributed by atoms with E-state index in [2.05, 4.69) is 13.8 Å². The minimum atomic E-state index is 0.530. The third-order valence-electron chi connectivity index (χ3n) is 3.41. The Morgan fingerprint density at radius 3 is 3.07 bits per heavy atom. The molecule has 0 saturated heterocycles. The zero-order valence-corrected chi connectivity index (χ0v) is 10.4. The van der Waals surface area contributed by atoms with Crippen LogP contribution in [0.3, 0.4) is 0 Å². The van der Waals surface area contributed by atoms with Crippen LogP contribution >= 0.6 is 11.3 Å². The van der Waals surface area contributed by atoms with Gasteiger partial charge < -0.3 is 5.73 Å². The normalized spacial score (nSPS) is 22.5. The molecule has 2 unspecified atom stereocenters. The Morgan fingerprint density at radius 2 is 2.40 bits per heavy atom. The molecular formula is C12H20N2S. The molecule has 0 radical (unpaired) electrons. The molecule has 0 fully saturated rings. The van der Waals surface area contributed by atoms with Crippen molar-refractivity contribution in [1.82, 2.24) is 4.98 Å². The molecule has 15 heavy (non-hydrogen) atoms. The van der Waals surface area contributed by atoms with Crippen molar-refractivity contribution in [2.24, 2.45) is 5.73 Å². The van der Waals surface area contributed by atoms with Gasteiger partial charge in [-0.3, -0.25) is 0 Å². The molecule has 84 valence electrons. The van der Waals surface area contributed by atoms with Gasteiger partial charge in [-0.1, -0.05) is 13.8 Å². The fourth-order valence-corrected chi connectivity index (χ4v) is 3.47. The summed E-state index contributed by atoms with van der Waals surface area (Å²) in [7, 11) is 0. The summed E-state index contributed by atoms with van der Waals surface area (Å²) in [6.45, 7) is 5.25. The Labute approximate surface area is 95.9 Å². The van der Waals surface area contributed by atoms with Gasteiger partial charge in [-0.25, -0.2) is 4.98 Å². The van der Waals surface area contributed by atoms with Crippen LogP contribution in [0.5, 0.6) is 0 Å². The first-order chi connectivity index (χ1) is 7.26. The minimum Gasteiger partial charge on any atom is -0.330 e. The predicted molar refractivity (Wildman–Crippen MR) is 65.6 cm³/mol. The van der Waals surface area contributed by atoms with Crippen molar-refractivity contribution in [2.45, 2.75) is 51.4 Å². The molecule has 2 nitrogen and oxygen atoms in total. The third-order valence-corrected chi connectivity index (χ3v) is 4.77. The minimum absolute atomic E-state index is 0.530. The van der Waals surface area contributed by atoms with Crippen LogP contribution in [0, 0.1) is 0 Å². The molecule has 1 aromatic rings. The summed E-state index contributed by atoms with van der Waals surface area (Å²) in [5, 5.41) is 1.32. The zero-order chi connectivity index (χ0) is 10.8. The molecule has 3 heteroatoms. The molecule has 0 saturated carbocycles. The Balaban J connectivity index is 2.29. The van der Waals surface area contributed by atoms with E-state index >= 15 is 0 Å². The largest absolute Gasteiger partial charge is 0.330 e. The number of hydrogen-bond donors (Lipinski definition) is 1. The van der Waals surface area contributed by atoms with E-state index in [-0.39, 0.29) is 0 Å². The highest BCUT2D eigenvalue weighted by Gasteiger charge is 2.24. The van der Waals surface area contributed by atoms with Gasteiger partial charge in [0.2, 0.25) is 0 Å². The van der Waals surface area contributed by atoms with Crippen molar-refractivity contribution < 1.29 is 0 Å². The molecule has 2 atom stereocenters. The second-order valence-corrected chi connectivity index (χ2v) is 5.61. The fourth-order valence-electron chi connectivity index (χ4n) is 2.14. The van der Waals surface area contributed by atoms with Crippen LogP contribution in [0.4, 0.5) is 0 Å². The molecule has 1 heterocycles. The van der Waals surface area contributed by atoms with Crippen molar-refractivity contribution >= 4 is 11.3 Å². The SMILES string of the molecule is CCC(C)c1nc2c(s1)CCCC2CN. The molecule has 2 N–H and O–H groups in total. The molecule has 0 bridgehead atoms. The summed E-state index contributed by atoms with van der Waals surface area (Å²) in [6, 6.07) is 0. The van der Waals surface area contributed by atoms with Gasteiger partial charge in [0.05, 0.1) is 10.7 Å². The molecule has 0 aliphatic heterocycles. The van der Waals surface area contributed by atoms with Crippen molar-refractivity contribution in [3.8, 4) is 0 Å². The predicted octanol–water partition coefficient (Wildman–Crippen LogP) is 3.04.